The van der Waals surface area contributed by atoms with E-state index in [2.05, 4.69) is 62.5 Å². The van der Waals surface area contributed by atoms with E-state index in [0.717, 1.165) is 57.8 Å². The van der Waals surface area contributed by atoms with Gasteiger partial charge in [-0.1, -0.05) is 165 Å². The Hall–Kier alpha value is -1.54. The number of nitrogens with zero attached hydrogens (tertiary/aromatic N) is 1. The molecule has 0 amide bonds. The summed E-state index contributed by atoms with van der Waals surface area (Å²) < 4.78 is 34.9. The summed E-state index contributed by atoms with van der Waals surface area (Å²) in [6, 6.07) is 0. The molecule has 0 heterocycles. The number of phosphoric ester groups is 1. The highest BCUT2D eigenvalue weighted by atomic mass is 31.2. The first-order valence-corrected chi connectivity index (χ1v) is 22.9. The number of carbonyl (C=O) groups excluding carboxylic acids is 1. The van der Waals surface area contributed by atoms with Gasteiger partial charge in [0.1, 0.15) is 19.3 Å². The number of ether oxygens (including phenoxy) is 2. The Bertz CT molecular complexity index is 989. The zero-order chi connectivity index (χ0) is 39.1. The van der Waals surface area contributed by atoms with Crippen molar-refractivity contribution >= 4 is 13.8 Å². The Morgan fingerprint density at radius 3 is 1.57 bits per heavy atom. The molecular formula is C44H83NO7P+. The Labute approximate surface area is 327 Å². The molecule has 0 spiro atoms. The molecule has 1 N–H and O–H groups in total. The quantitative estimate of drug-likeness (QED) is 0.0219. The largest absolute Gasteiger partial charge is 0.472 e. The summed E-state index contributed by atoms with van der Waals surface area (Å²) in [7, 11) is 1.63. The summed E-state index contributed by atoms with van der Waals surface area (Å²) in [6.07, 6.45) is 44.4. The second kappa shape index (κ2) is 37.4. The number of quaternary nitrogens is 1. The van der Waals surface area contributed by atoms with Crippen LogP contribution < -0.4 is 0 Å². The third-order valence-electron chi connectivity index (χ3n) is 8.90. The van der Waals surface area contributed by atoms with Crippen LogP contribution in [-0.2, 0) is 27.9 Å². The van der Waals surface area contributed by atoms with Gasteiger partial charge in [-0.2, -0.15) is 0 Å². The second-order valence-corrected chi connectivity index (χ2v) is 16.8. The average molecular weight is 769 g/mol. The monoisotopic (exact) mass is 769 g/mol. The highest BCUT2D eigenvalue weighted by Crippen LogP contribution is 2.43. The molecule has 0 aromatic rings. The third-order valence-corrected chi connectivity index (χ3v) is 9.89. The molecule has 0 fully saturated rings. The van der Waals surface area contributed by atoms with Crippen LogP contribution in [0.1, 0.15) is 168 Å². The summed E-state index contributed by atoms with van der Waals surface area (Å²) in [5.74, 6) is -0.332. The van der Waals surface area contributed by atoms with Gasteiger partial charge in [-0.25, -0.2) is 4.57 Å². The van der Waals surface area contributed by atoms with Gasteiger partial charge in [0.25, 0.3) is 0 Å². The first kappa shape index (κ1) is 51.5. The van der Waals surface area contributed by atoms with Gasteiger partial charge in [0.2, 0.25) is 0 Å². The van der Waals surface area contributed by atoms with E-state index in [1.54, 1.807) is 0 Å². The molecule has 0 saturated heterocycles. The topological polar surface area (TPSA) is 91.3 Å². The van der Waals surface area contributed by atoms with Crippen LogP contribution in [0.5, 0.6) is 0 Å². The van der Waals surface area contributed by atoms with Crippen LogP contribution in [0.3, 0.4) is 0 Å². The maximum atomic E-state index is 12.7. The molecule has 0 aliphatic carbocycles. The molecule has 0 aliphatic heterocycles. The predicted octanol–water partition coefficient (Wildman–Crippen LogP) is 12.4. The normalized spacial score (nSPS) is 14.3. The van der Waals surface area contributed by atoms with Crippen LogP contribution in [0, 0.1) is 0 Å². The fourth-order valence-corrected chi connectivity index (χ4v) is 6.36. The molecule has 8 nitrogen and oxygen atoms in total. The van der Waals surface area contributed by atoms with Crippen molar-refractivity contribution in [3.8, 4) is 0 Å². The van der Waals surface area contributed by atoms with Crippen molar-refractivity contribution in [3.05, 3.63) is 48.6 Å². The minimum Gasteiger partial charge on any atom is -0.457 e. The minimum atomic E-state index is -4.29. The number of phosphoric acid groups is 1. The molecular weight excluding hydrogens is 685 g/mol. The Morgan fingerprint density at radius 2 is 1.08 bits per heavy atom. The van der Waals surface area contributed by atoms with Crippen LogP contribution in [0.15, 0.2) is 48.6 Å². The Balaban J connectivity index is 4.30. The van der Waals surface area contributed by atoms with E-state index >= 15 is 0 Å². The van der Waals surface area contributed by atoms with Crippen molar-refractivity contribution in [1.82, 2.24) is 0 Å². The molecule has 0 aliphatic rings. The van der Waals surface area contributed by atoms with E-state index in [-0.39, 0.29) is 25.8 Å². The number of unbranched alkanes of at least 4 members (excludes halogenated alkanes) is 17. The summed E-state index contributed by atoms with van der Waals surface area (Å²) in [4.78, 5) is 22.9. The molecule has 310 valence electrons. The van der Waals surface area contributed by atoms with Crippen molar-refractivity contribution in [2.24, 2.45) is 0 Å². The van der Waals surface area contributed by atoms with Gasteiger partial charge in [-0.15, -0.1) is 0 Å². The van der Waals surface area contributed by atoms with Crippen LogP contribution in [-0.4, -0.2) is 75.6 Å². The molecule has 2 atom stereocenters. The molecule has 0 bridgehead atoms. The Morgan fingerprint density at radius 1 is 0.604 bits per heavy atom. The first-order valence-electron chi connectivity index (χ1n) is 21.4. The number of hydrogen-bond donors (Lipinski definition) is 1. The fraction of sp³-hybridized carbons (Fsp3) is 0.795. The van der Waals surface area contributed by atoms with Crippen LogP contribution in [0.2, 0.25) is 0 Å². The minimum absolute atomic E-state index is 0.0782. The average Bonchev–Trinajstić information content (AvgIpc) is 3.11. The summed E-state index contributed by atoms with van der Waals surface area (Å²) in [5, 5.41) is 0. The molecule has 9 heteroatoms. The smallest absolute Gasteiger partial charge is 0.457 e. The van der Waals surface area contributed by atoms with Gasteiger partial charge in [0.15, 0.2) is 0 Å². The van der Waals surface area contributed by atoms with Gasteiger partial charge < -0.3 is 18.9 Å². The third kappa shape index (κ3) is 41.5. The van der Waals surface area contributed by atoms with Gasteiger partial charge >= 0.3 is 13.8 Å². The lowest BCUT2D eigenvalue weighted by Gasteiger charge is -2.24. The van der Waals surface area contributed by atoms with Crippen LogP contribution >= 0.6 is 7.82 Å². The zero-order valence-electron chi connectivity index (χ0n) is 35.0. The first-order chi connectivity index (χ1) is 25.6. The van der Waals surface area contributed by atoms with Crippen molar-refractivity contribution in [1.29, 1.82) is 0 Å². The van der Waals surface area contributed by atoms with Crippen LogP contribution in [0.4, 0.5) is 0 Å². The van der Waals surface area contributed by atoms with Gasteiger partial charge in [0.05, 0.1) is 34.4 Å². The Kier molecular flexibility index (Phi) is 36.3. The van der Waals surface area contributed by atoms with E-state index in [0.29, 0.717) is 24.1 Å². The number of carbonyl (C=O) groups is 1. The fourth-order valence-electron chi connectivity index (χ4n) is 5.62. The van der Waals surface area contributed by atoms with Crippen LogP contribution in [0.25, 0.3) is 0 Å². The van der Waals surface area contributed by atoms with Crippen molar-refractivity contribution in [2.45, 2.75) is 174 Å². The second-order valence-electron chi connectivity index (χ2n) is 15.3. The lowest BCUT2D eigenvalue weighted by molar-refractivity contribution is -0.870. The lowest BCUT2D eigenvalue weighted by atomic mass is 10.0. The van der Waals surface area contributed by atoms with E-state index in [9.17, 15) is 14.3 Å². The van der Waals surface area contributed by atoms with Crippen molar-refractivity contribution < 1.29 is 37.3 Å². The van der Waals surface area contributed by atoms with E-state index in [4.69, 9.17) is 18.5 Å². The molecule has 0 aromatic carbocycles. The summed E-state index contributed by atoms with van der Waals surface area (Å²) in [6.45, 7) is 5.36. The molecule has 2 unspecified atom stereocenters. The summed E-state index contributed by atoms with van der Waals surface area (Å²) in [5.41, 5.74) is 0. The molecule has 53 heavy (non-hydrogen) atoms. The molecule has 0 aromatic heterocycles. The van der Waals surface area contributed by atoms with Gasteiger partial charge in [-0.3, -0.25) is 13.8 Å². The van der Waals surface area contributed by atoms with E-state index < -0.39 is 13.9 Å². The SMILES string of the molecule is CC/C=C\C/C=C\C/C=C\C/C=C\CCCOCC(COP(=O)(O)OCC[N+](C)(C)C)OC(=O)CCCCCCCCCCCCCCCCCCC. The van der Waals surface area contributed by atoms with Gasteiger partial charge in [-0.05, 0) is 44.9 Å². The maximum Gasteiger partial charge on any atom is 0.472 e. The zero-order valence-corrected chi connectivity index (χ0v) is 35.9. The highest BCUT2D eigenvalue weighted by Gasteiger charge is 2.26. The molecule has 0 rings (SSSR count). The number of rotatable bonds is 39. The van der Waals surface area contributed by atoms with Crippen molar-refractivity contribution in [3.63, 3.8) is 0 Å². The van der Waals surface area contributed by atoms with Crippen molar-refractivity contribution in [2.75, 3.05) is 54.1 Å². The number of esters is 1. The number of allylic oxidation sites excluding steroid dienone is 8. The van der Waals surface area contributed by atoms with E-state index in [1.165, 1.54) is 89.9 Å². The molecule has 0 saturated carbocycles. The maximum absolute atomic E-state index is 12.7. The molecule has 0 radical (unpaired) electrons. The number of hydrogen-bond acceptors (Lipinski definition) is 6. The summed E-state index contributed by atoms with van der Waals surface area (Å²) >= 11 is 0. The van der Waals surface area contributed by atoms with Gasteiger partial charge in [0, 0.05) is 13.0 Å². The highest BCUT2D eigenvalue weighted by molar-refractivity contribution is 7.47. The standard InChI is InChI=1S/C44H82NO7P/c1-6-8-10-12-14-16-18-20-22-23-24-25-27-29-31-33-35-37-44(46)52-43(42-51-53(47,48)50-40-38-45(3,4)5)41-49-39-36-34-32-30-28-26-21-19-17-15-13-11-9-7-2/h9,11,15,17,21,26,30,32,43H,6-8,10,12-14,16,18-20,22-25,27-29,31,33-42H2,1-5H3/p+1/b11-9-,17-15-,26-21-,32-30-. The predicted molar refractivity (Wildman–Crippen MR) is 224 cm³/mol. The number of likely N-dealkylation sites (N-methyl/N-ethyl adjacent to an activating group) is 1. The lowest BCUT2D eigenvalue weighted by Crippen LogP contribution is -2.37. The van der Waals surface area contributed by atoms with E-state index in [1.807, 2.05) is 21.1 Å².